The minimum atomic E-state index is 0.716. The molecule has 0 N–H and O–H groups in total. The van der Waals surface area contributed by atoms with Crippen molar-refractivity contribution in [3.8, 4) is 55.5 Å². The first-order valence-electron chi connectivity index (χ1n) is 17.2. The van der Waals surface area contributed by atoms with E-state index in [-0.39, 0.29) is 0 Å². The van der Waals surface area contributed by atoms with Crippen LogP contribution in [-0.2, 0) is 0 Å². The van der Waals surface area contributed by atoms with E-state index in [1.807, 2.05) is 29.5 Å². The lowest BCUT2D eigenvalue weighted by molar-refractivity contribution is 1.18. The molecule has 0 amide bonds. The maximum absolute atomic E-state index is 5.11. The number of rotatable bonds is 5. The fourth-order valence-corrected chi connectivity index (χ4v) is 8.33. The first kappa shape index (κ1) is 29.5. The predicted octanol–water partition coefficient (Wildman–Crippen LogP) is 13.5. The molecule has 0 aliphatic rings. The van der Waals surface area contributed by atoms with Crippen LogP contribution in [0.4, 0.5) is 0 Å². The number of thiophene rings is 1. The minimum absolute atomic E-state index is 0.716. The van der Waals surface area contributed by atoms with Crippen molar-refractivity contribution in [1.29, 1.82) is 0 Å². The van der Waals surface area contributed by atoms with Gasteiger partial charge in [-0.25, -0.2) is 9.97 Å². The third kappa shape index (κ3) is 5.36. The summed E-state index contributed by atoms with van der Waals surface area (Å²) in [5.41, 5.74) is 8.51. The first-order valence-corrected chi connectivity index (χ1v) is 18.0. The topological polar surface area (TPSA) is 25.8 Å². The lowest BCUT2D eigenvalue weighted by Gasteiger charge is -2.12. The van der Waals surface area contributed by atoms with E-state index in [4.69, 9.17) is 9.97 Å². The monoisotopic (exact) mass is 666 g/mol. The van der Waals surface area contributed by atoms with E-state index in [0.717, 1.165) is 28.1 Å². The molecule has 0 spiro atoms. The van der Waals surface area contributed by atoms with Gasteiger partial charge in [0.25, 0.3) is 0 Å². The standard InChI is InChI=1S/C48H30N2S/c1-2-10-33(11-3-1)48-49-44(30-45(50-48)37-15-8-16-38(27-37)47-29-39-14-6-7-19-46(39)51-47)32-22-20-31(21-23-32)40-17-9-18-41-42(40)25-24-36-26-34-12-4-5-13-35(34)28-43(36)41/h1-30H. The molecule has 0 saturated heterocycles. The lowest BCUT2D eigenvalue weighted by Crippen LogP contribution is -1.96. The van der Waals surface area contributed by atoms with Crippen molar-refractivity contribution in [2.24, 2.45) is 0 Å². The van der Waals surface area contributed by atoms with Crippen molar-refractivity contribution >= 4 is 53.7 Å². The number of benzene rings is 8. The summed E-state index contributed by atoms with van der Waals surface area (Å²) in [5.74, 6) is 0.716. The van der Waals surface area contributed by atoms with Crippen LogP contribution in [0.3, 0.4) is 0 Å². The van der Waals surface area contributed by atoms with Gasteiger partial charge < -0.3 is 0 Å². The molecule has 51 heavy (non-hydrogen) atoms. The average Bonchev–Trinajstić information content (AvgIpc) is 3.65. The van der Waals surface area contributed by atoms with Gasteiger partial charge in [0.15, 0.2) is 5.82 Å². The maximum Gasteiger partial charge on any atom is 0.160 e. The van der Waals surface area contributed by atoms with Gasteiger partial charge in [0.2, 0.25) is 0 Å². The molecule has 2 aromatic heterocycles. The molecule has 10 rings (SSSR count). The predicted molar refractivity (Wildman–Crippen MR) is 217 cm³/mol. The molecular weight excluding hydrogens is 637 g/mol. The molecule has 10 aromatic rings. The van der Waals surface area contributed by atoms with Gasteiger partial charge in [0.05, 0.1) is 11.4 Å². The summed E-state index contributed by atoms with van der Waals surface area (Å²) in [6, 6.07) is 65.2. The Morgan fingerprint density at radius 2 is 1.00 bits per heavy atom. The van der Waals surface area contributed by atoms with Crippen molar-refractivity contribution in [2.75, 3.05) is 0 Å². The number of hydrogen-bond donors (Lipinski definition) is 0. The van der Waals surface area contributed by atoms with Crippen molar-refractivity contribution < 1.29 is 0 Å². The fourth-order valence-electron chi connectivity index (χ4n) is 7.27. The summed E-state index contributed by atoms with van der Waals surface area (Å²) in [4.78, 5) is 11.5. The largest absolute Gasteiger partial charge is 0.228 e. The number of hydrogen-bond acceptors (Lipinski definition) is 3. The lowest BCUT2D eigenvalue weighted by atomic mass is 9.93. The highest BCUT2D eigenvalue weighted by Crippen LogP contribution is 2.38. The zero-order chi connectivity index (χ0) is 33.7. The first-order chi connectivity index (χ1) is 25.2. The Bertz CT molecular complexity index is 2870. The molecule has 0 aliphatic carbocycles. The zero-order valence-electron chi connectivity index (χ0n) is 27.6. The molecule has 0 radical (unpaired) electrons. The van der Waals surface area contributed by atoms with E-state index in [9.17, 15) is 0 Å². The van der Waals surface area contributed by atoms with Crippen LogP contribution in [0.2, 0.25) is 0 Å². The van der Waals surface area contributed by atoms with Crippen LogP contribution in [0.15, 0.2) is 182 Å². The van der Waals surface area contributed by atoms with Crippen molar-refractivity contribution in [1.82, 2.24) is 9.97 Å². The normalized spacial score (nSPS) is 11.5. The Balaban J connectivity index is 1.06. The summed E-state index contributed by atoms with van der Waals surface area (Å²) in [7, 11) is 0. The van der Waals surface area contributed by atoms with Crippen LogP contribution in [-0.4, -0.2) is 9.97 Å². The summed E-state index contributed by atoms with van der Waals surface area (Å²) in [6.07, 6.45) is 0. The van der Waals surface area contributed by atoms with Crippen molar-refractivity contribution in [2.45, 2.75) is 0 Å². The van der Waals surface area contributed by atoms with Gasteiger partial charge in [-0.15, -0.1) is 11.3 Å². The fraction of sp³-hybridized carbons (Fsp3) is 0. The summed E-state index contributed by atoms with van der Waals surface area (Å²) in [6.45, 7) is 0. The second-order valence-corrected chi connectivity index (χ2v) is 14.1. The quantitative estimate of drug-likeness (QED) is 0.135. The van der Waals surface area contributed by atoms with Crippen LogP contribution in [0, 0.1) is 0 Å². The van der Waals surface area contributed by atoms with Gasteiger partial charge in [0.1, 0.15) is 0 Å². The smallest absolute Gasteiger partial charge is 0.160 e. The SMILES string of the molecule is c1ccc(-c2nc(-c3ccc(-c4cccc5c4ccc4cc6ccccc6cc45)cc3)cc(-c3cccc(-c4cc5ccccc5s4)c3)n2)cc1. The molecule has 0 aliphatic heterocycles. The Hall–Kier alpha value is -6.42. The summed E-state index contributed by atoms with van der Waals surface area (Å²) in [5, 5.41) is 8.86. The minimum Gasteiger partial charge on any atom is -0.228 e. The number of fused-ring (bicyclic) bond motifs is 5. The second kappa shape index (κ2) is 12.2. The Morgan fingerprint density at radius 1 is 0.333 bits per heavy atom. The average molecular weight is 667 g/mol. The summed E-state index contributed by atoms with van der Waals surface area (Å²) >= 11 is 1.82. The van der Waals surface area contributed by atoms with Gasteiger partial charge >= 0.3 is 0 Å². The third-order valence-corrected chi connectivity index (χ3v) is 11.0. The highest BCUT2D eigenvalue weighted by atomic mass is 32.1. The van der Waals surface area contributed by atoms with Gasteiger partial charge in [-0.1, -0.05) is 146 Å². The Labute approximate surface area is 300 Å². The van der Waals surface area contributed by atoms with Gasteiger partial charge in [0, 0.05) is 26.3 Å². The van der Waals surface area contributed by atoms with E-state index >= 15 is 0 Å². The third-order valence-electron chi connectivity index (χ3n) is 9.86. The van der Waals surface area contributed by atoms with Gasteiger partial charge in [-0.3, -0.25) is 0 Å². The molecular formula is C48H30N2S. The van der Waals surface area contributed by atoms with E-state index in [1.54, 1.807) is 0 Å². The molecule has 238 valence electrons. The van der Waals surface area contributed by atoms with Crippen molar-refractivity contribution in [3.63, 3.8) is 0 Å². The van der Waals surface area contributed by atoms with E-state index in [0.29, 0.717) is 5.82 Å². The van der Waals surface area contributed by atoms with Crippen LogP contribution in [0.25, 0.3) is 97.9 Å². The van der Waals surface area contributed by atoms with E-state index in [1.165, 1.54) is 64.0 Å². The Morgan fingerprint density at radius 3 is 1.82 bits per heavy atom. The highest BCUT2D eigenvalue weighted by molar-refractivity contribution is 7.22. The van der Waals surface area contributed by atoms with Crippen LogP contribution >= 0.6 is 11.3 Å². The molecule has 0 unspecified atom stereocenters. The molecule has 2 heterocycles. The van der Waals surface area contributed by atoms with Crippen LogP contribution in [0.1, 0.15) is 0 Å². The second-order valence-electron chi connectivity index (χ2n) is 13.0. The molecule has 8 aromatic carbocycles. The number of nitrogens with zero attached hydrogens (tertiary/aromatic N) is 2. The van der Waals surface area contributed by atoms with Gasteiger partial charge in [-0.2, -0.15) is 0 Å². The van der Waals surface area contributed by atoms with Crippen LogP contribution in [0.5, 0.6) is 0 Å². The molecule has 0 bridgehead atoms. The van der Waals surface area contributed by atoms with Gasteiger partial charge in [-0.05, 0) is 90.8 Å². The molecule has 0 saturated carbocycles. The molecule has 0 fully saturated rings. The van der Waals surface area contributed by atoms with Crippen LogP contribution < -0.4 is 0 Å². The highest BCUT2D eigenvalue weighted by Gasteiger charge is 2.14. The van der Waals surface area contributed by atoms with Crippen molar-refractivity contribution in [3.05, 3.63) is 182 Å². The Kier molecular flexibility index (Phi) is 7.04. The molecule has 2 nitrogen and oxygen atoms in total. The van der Waals surface area contributed by atoms with E-state index in [2.05, 4.69) is 164 Å². The maximum atomic E-state index is 5.11. The molecule has 3 heteroatoms. The number of aromatic nitrogens is 2. The molecule has 0 atom stereocenters. The summed E-state index contributed by atoms with van der Waals surface area (Å²) < 4.78 is 1.29. The van der Waals surface area contributed by atoms with E-state index < -0.39 is 0 Å². The zero-order valence-corrected chi connectivity index (χ0v) is 28.4.